The minimum atomic E-state index is -0.297. The first-order valence-electron chi connectivity index (χ1n) is 3.83. The lowest BCUT2D eigenvalue weighted by Gasteiger charge is -1.98. The molecule has 0 atom stereocenters. The van der Waals surface area contributed by atoms with E-state index in [1.807, 2.05) is 0 Å². The Morgan fingerprint density at radius 2 is 2.21 bits per heavy atom. The van der Waals surface area contributed by atoms with Crippen LogP contribution in [0, 0.1) is 5.82 Å². The molecule has 1 aromatic carbocycles. The highest BCUT2D eigenvalue weighted by Crippen LogP contribution is 2.26. The summed E-state index contributed by atoms with van der Waals surface area (Å²) < 4.78 is 13.6. The van der Waals surface area contributed by atoms with Crippen molar-refractivity contribution in [2.45, 2.75) is 0 Å². The van der Waals surface area contributed by atoms with Gasteiger partial charge in [0.05, 0.1) is 10.2 Å². The number of hydrogen-bond donors (Lipinski definition) is 1. The van der Waals surface area contributed by atoms with Crippen LogP contribution in [0.1, 0.15) is 0 Å². The van der Waals surface area contributed by atoms with Crippen LogP contribution in [0.4, 0.5) is 9.52 Å². The van der Waals surface area contributed by atoms with Gasteiger partial charge in [-0.2, -0.15) is 0 Å². The molecule has 0 saturated carbocycles. The van der Waals surface area contributed by atoms with Gasteiger partial charge in [0.2, 0.25) is 0 Å². The summed E-state index contributed by atoms with van der Waals surface area (Å²) in [6.45, 7) is 0. The molecule has 0 spiro atoms. The van der Waals surface area contributed by atoms with Gasteiger partial charge in [0.1, 0.15) is 5.82 Å². The molecule has 0 aliphatic carbocycles. The third-order valence-electron chi connectivity index (χ3n) is 1.74. The number of nitrogens with two attached hydrogens (primary N) is 1. The van der Waals surface area contributed by atoms with Crippen LogP contribution in [0.15, 0.2) is 28.1 Å². The number of aromatic nitrogens is 1. The Hall–Kier alpha value is -0.940. The number of thiazole rings is 1. The van der Waals surface area contributed by atoms with E-state index in [-0.39, 0.29) is 5.82 Å². The van der Waals surface area contributed by atoms with Crippen LogP contribution in [0.3, 0.4) is 0 Å². The molecule has 2 rings (SSSR count). The summed E-state index contributed by atoms with van der Waals surface area (Å²) >= 11 is 4.43. The topological polar surface area (TPSA) is 38.9 Å². The van der Waals surface area contributed by atoms with Crippen molar-refractivity contribution >= 4 is 32.4 Å². The van der Waals surface area contributed by atoms with Crippen molar-refractivity contribution in [3.05, 3.63) is 33.9 Å². The molecule has 0 bridgehead atoms. The number of halogens is 2. The first-order valence-corrected chi connectivity index (χ1v) is 5.50. The molecule has 2 N–H and O–H groups in total. The molecule has 0 amide bonds. The molecule has 5 heteroatoms. The molecule has 2 nitrogen and oxygen atoms in total. The van der Waals surface area contributed by atoms with Crippen LogP contribution < -0.4 is 5.73 Å². The van der Waals surface area contributed by atoms with Crippen LogP contribution in [-0.4, -0.2) is 4.98 Å². The minimum absolute atomic E-state index is 0.297. The average Bonchev–Trinajstić information content (AvgIpc) is 2.57. The van der Waals surface area contributed by atoms with Crippen molar-refractivity contribution in [1.29, 1.82) is 0 Å². The summed E-state index contributed by atoms with van der Waals surface area (Å²) in [7, 11) is 0. The summed E-state index contributed by atoms with van der Waals surface area (Å²) in [4.78, 5) is 4.07. The van der Waals surface area contributed by atoms with E-state index in [9.17, 15) is 4.39 Å². The lowest BCUT2D eigenvalue weighted by atomic mass is 10.2. The van der Waals surface area contributed by atoms with Crippen molar-refractivity contribution < 1.29 is 4.39 Å². The summed E-state index contributed by atoms with van der Waals surface area (Å²) in [5.74, 6) is -0.297. The van der Waals surface area contributed by atoms with Crippen molar-refractivity contribution in [1.82, 2.24) is 4.98 Å². The van der Waals surface area contributed by atoms with E-state index in [0.717, 1.165) is 5.56 Å². The smallest absolute Gasteiger partial charge is 0.180 e. The van der Waals surface area contributed by atoms with Gasteiger partial charge < -0.3 is 5.73 Å². The van der Waals surface area contributed by atoms with Gasteiger partial charge in [-0.05, 0) is 28.1 Å². The number of nitrogen functional groups attached to an aromatic ring is 1. The third-order valence-corrected chi connectivity index (χ3v) is 3.05. The molecule has 0 aliphatic rings. The van der Waals surface area contributed by atoms with Crippen molar-refractivity contribution in [3.63, 3.8) is 0 Å². The number of nitrogens with zero attached hydrogens (tertiary/aromatic N) is 1. The Morgan fingerprint density at radius 3 is 2.79 bits per heavy atom. The molecular weight excluding hydrogens is 267 g/mol. The maximum absolute atomic E-state index is 13.2. The fourth-order valence-corrected chi connectivity index (χ4v) is 1.89. The van der Waals surface area contributed by atoms with E-state index >= 15 is 0 Å². The highest BCUT2D eigenvalue weighted by molar-refractivity contribution is 9.10. The van der Waals surface area contributed by atoms with Crippen LogP contribution in [0.5, 0.6) is 0 Å². The molecule has 2 aromatic rings. The summed E-state index contributed by atoms with van der Waals surface area (Å²) in [5.41, 5.74) is 6.93. The van der Waals surface area contributed by atoms with E-state index < -0.39 is 0 Å². The Bertz CT molecular complexity index is 470. The van der Waals surface area contributed by atoms with Crippen molar-refractivity contribution in [2.24, 2.45) is 0 Å². The lowest BCUT2D eigenvalue weighted by Crippen LogP contribution is -1.84. The fraction of sp³-hybridized carbons (Fsp3) is 0. The van der Waals surface area contributed by atoms with Crippen LogP contribution in [-0.2, 0) is 0 Å². The first-order chi connectivity index (χ1) is 6.66. The van der Waals surface area contributed by atoms with Gasteiger partial charge in [-0.3, -0.25) is 0 Å². The number of hydrogen-bond acceptors (Lipinski definition) is 3. The van der Waals surface area contributed by atoms with Crippen LogP contribution >= 0.6 is 27.3 Å². The van der Waals surface area contributed by atoms with Crippen molar-refractivity contribution in [3.8, 4) is 11.3 Å². The second kappa shape index (κ2) is 3.67. The zero-order valence-corrected chi connectivity index (χ0v) is 9.40. The molecule has 14 heavy (non-hydrogen) atoms. The summed E-state index contributed by atoms with van der Waals surface area (Å²) in [5, 5.41) is 2.29. The standard InChI is InChI=1S/C9H6BrFN2S/c10-6-2-1-5(3-7(6)11)8-4-14-9(12)13-8/h1-4H,(H2,12,13). The molecule has 1 aromatic heterocycles. The van der Waals surface area contributed by atoms with Crippen LogP contribution in [0.25, 0.3) is 11.3 Å². The minimum Gasteiger partial charge on any atom is -0.375 e. The lowest BCUT2D eigenvalue weighted by molar-refractivity contribution is 0.621. The molecule has 1 heterocycles. The van der Waals surface area contributed by atoms with E-state index in [0.29, 0.717) is 15.3 Å². The van der Waals surface area contributed by atoms with Gasteiger partial charge in [-0.25, -0.2) is 9.37 Å². The average molecular weight is 273 g/mol. The van der Waals surface area contributed by atoms with E-state index in [1.54, 1.807) is 17.5 Å². The second-order valence-corrected chi connectivity index (χ2v) is 4.44. The molecular formula is C9H6BrFN2S. The predicted molar refractivity (Wildman–Crippen MR) is 59.6 cm³/mol. The van der Waals surface area contributed by atoms with Gasteiger partial charge in [-0.1, -0.05) is 6.07 Å². The Morgan fingerprint density at radius 1 is 1.43 bits per heavy atom. The molecule has 0 radical (unpaired) electrons. The normalized spacial score (nSPS) is 10.4. The van der Waals surface area contributed by atoms with Gasteiger partial charge in [0.15, 0.2) is 5.13 Å². The van der Waals surface area contributed by atoms with Gasteiger partial charge in [-0.15, -0.1) is 11.3 Å². The predicted octanol–water partition coefficient (Wildman–Crippen LogP) is 3.29. The summed E-state index contributed by atoms with van der Waals surface area (Å²) in [6.07, 6.45) is 0. The number of anilines is 1. The highest BCUT2D eigenvalue weighted by atomic mass is 79.9. The molecule has 0 aliphatic heterocycles. The van der Waals surface area contributed by atoms with Crippen LogP contribution in [0.2, 0.25) is 0 Å². The molecule has 0 saturated heterocycles. The maximum Gasteiger partial charge on any atom is 0.180 e. The Balaban J connectivity index is 2.47. The van der Waals surface area contributed by atoms with E-state index in [1.165, 1.54) is 17.4 Å². The monoisotopic (exact) mass is 272 g/mol. The SMILES string of the molecule is Nc1nc(-c2ccc(Br)c(F)c2)cs1. The molecule has 0 unspecified atom stereocenters. The second-order valence-electron chi connectivity index (χ2n) is 2.70. The van der Waals surface area contributed by atoms with E-state index in [4.69, 9.17) is 5.73 Å². The largest absolute Gasteiger partial charge is 0.375 e. The van der Waals surface area contributed by atoms with E-state index in [2.05, 4.69) is 20.9 Å². The zero-order chi connectivity index (χ0) is 10.1. The highest BCUT2D eigenvalue weighted by Gasteiger charge is 2.05. The molecule has 72 valence electrons. The Kier molecular flexibility index (Phi) is 2.52. The molecule has 0 fully saturated rings. The number of rotatable bonds is 1. The third kappa shape index (κ3) is 1.78. The van der Waals surface area contributed by atoms with Gasteiger partial charge in [0, 0.05) is 10.9 Å². The zero-order valence-electron chi connectivity index (χ0n) is 7.00. The quantitative estimate of drug-likeness (QED) is 0.865. The summed E-state index contributed by atoms with van der Waals surface area (Å²) in [6, 6.07) is 4.88. The first kappa shape index (κ1) is 9.61. The Labute approximate surface area is 92.7 Å². The number of benzene rings is 1. The van der Waals surface area contributed by atoms with Gasteiger partial charge >= 0.3 is 0 Å². The van der Waals surface area contributed by atoms with Gasteiger partial charge in [0.25, 0.3) is 0 Å². The van der Waals surface area contributed by atoms with Crippen molar-refractivity contribution in [2.75, 3.05) is 5.73 Å². The maximum atomic E-state index is 13.2. The fourth-order valence-electron chi connectivity index (χ4n) is 1.08.